The predicted molar refractivity (Wildman–Crippen MR) is 66.6 cm³/mol. The molecule has 1 heterocycles. The van der Waals surface area contributed by atoms with Gasteiger partial charge in [0.2, 0.25) is 0 Å². The fraction of sp³-hybridized carbons (Fsp3) is 0.167. The van der Waals surface area contributed by atoms with Crippen LogP contribution in [-0.4, -0.2) is 15.1 Å². The van der Waals surface area contributed by atoms with Crippen molar-refractivity contribution in [3.8, 4) is 5.75 Å². The highest BCUT2D eigenvalue weighted by Crippen LogP contribution is 2.20. The number of phenolic OH excluding ortho intramolecular Hbond substituents is 1. The van der Waals surface area contributed by atoms with Gasteiger partial charge in [0, 0.05) is 29.6 Å². The molecule has 1 aromatic heterocycles. The molecule has 2 aromatic rings. The van der Waals surface area contributed by atoms with Crippen LogP contribution in [0.3, 0.4) is 0 Å². The Labute approximate surface area is 99.3 Å². The molecule has 0 radical (unpaired) electrons. The molecule has 0 aliphatic carbocycles. The van der Waals surface area contributed by atoms with Gasteiger partial charge in [-0.15, -0.1) is 0 Å². The molecular formula is C12H14N4O. The summed E-state index contributed by atoms with van der Waals surface area (Å²) >= 11 is 0. The summed E-state index contributed by atoms with van der Waals surface area (Å²) in [5.74, 6) is 0.941. The van der Waals surface area contributed by atoms with E-state index in [0.717, 1.165) is 17.1 Å². The molecule has 0 aliphatic rings. The van der Waals surface area contributed by atoms with Gasteiger partial charge in [-0.05, 0) is 25.1 Å². The Morgan fingerprint density at radius 2 is 2.12 bits per heavy atom. The molecule has 0 spiro atoms. The first-order chi connectivity index (χ1) is 8.15. The van der Waals surface area contributed by atoms with E-state index in [0.29, 0.717) is 12.2 Å². The van der Waals surface area contributed by atoms with E-state index >= 15 is 0 Å². The first-order valence-electron chi connectivity index (χ1n) is 5.25. The lowest BCUT2D eigenvalue weighted by atomic mass is 10.2. The van der Waals surface area contributed by atoms with Gasteiger partial charge in [0.1, 0.15) is 17.9 Å². The maximum absolute atomic E-state index is 9.64. The fourth-order valence-corrected chi connectivity index (χ4v) is 1.48. The molecule has 0 atom stereocenters. The van der Waals surface area contributed by atoms with E-state index in [-0.39, 0.29) is 5.75 Å². The van der Waals surface area contributed by atoms with Gasteiger partial charge in [0.05, 0.1) is 0 Å². The van der Waals surface area contributed by atoms with E-state index in [1.807, 2.05) is 13.0 Å². The molecule has 5 heteroatoms. The number of nitrogen functional groups attached to an aromatic ring is 1. The van der Waals surface area contributed by atoms with Gasteiger partial charge in [-0.2, -0.15) is 0 Å². The number of aromatic nitrogens is 2. The third-order valence-electron chi connectivity index (χ3n) is 2.37. The molecule has 4 N–H and O–H groups in total. The molecule has 2 rings (SSSR count). The van der Waals surface area contributed by atoms with Crippen LogP contribution in [0.25, 0.3) is 0 Å². The Morgan fingerprint density at radius 1 is 1.29 bits per heavy atom. The SMILES string of the molecule is Cc1cc(NCc2cc(N)ccc2O)ncn1. The zero-order chi connectivity index (χ0) is 12.3. The number of anilines is 2. The largest absolute Gasteiger partial charge is 0.508 e. The first kappa shape index (κ1) is 11.2. The maximum atomic E-state index is 9.64. The van der Waals surface area contributed by atoms with Crippen LogP contribution in [0.4, 0.5) is 11.5 Å². The lowest BCUT2D eigenvalue weighted by molar-refractivity contribution is 0.469. The minimum absolute atomic E-state index is 0.220. The predicted octanol–water partition coefficient (Wildman–Crippen LogP) is 1.68. The van der Waals surface area contributed by atoms with Crippen molar-refractivity contribution < 1.29 is 5.11 Å². The number of aromatic hydroxyl groups is 1. The molecule has 1 aromatic carbocycles. The zero-order valence-electron chi connectivity index (χ0n) is 9.51. The Balaban J connectivity index is 2.09. The second kappa shape index (κ2) is 4.69. The number of aryl methyl sites for hydroxylation is 1. The van der Waals surface area contributed by atoms with Crippen molar-refractivity contribution in [2.75, 3.05) is 11.1 Å². The number of benzene rings is 1. The molecule has 0 saturated heterocycles. The molecule has 0 amide bonds. The standard InChI is InChI=1S/C12H14N4O/c1-8-4-12(16-7-15-8)14-6-9-5-10(13)2-3-11(9)17/h2-5,7,17H,6,13H2,1H3,(H,14,15,16). The molecule has 0 bridgehead atoms. The normalized spacial score (nSPS) is 10.2. The maximum Gasteiger partial charge on any atom is 0.129 e. The monoisotopic (exact) mass is 230 g/mol. The molecule has 0 saturated carbocycles. The quantitative estimate of drug-likeness (QED) is 0.552. The summed E-state index contributed by atoms with van der Waals surface area (Å²) in [6.45, 7) is 2.36. The third kappa shape index (κ3) is 2.84. The zero-order valence-corrected chi connectivity index (χ0v) is 9.51. The Morgan fingerprint density at radius 3 is 2.88 bits per heavy atom. The summed E-state index contributed by atoms with van der Waals surface area (Å²) in [4.78, 5) is 8.08. The van der Waals surface area contributed by atoms with E-state index in [9.17, 15) is 5.11 Å². The average Bonchev–Trinajstić information content (AvgIpc) is 2.30. The van der Waals surface area contributed by atoms with Crippen LogP contribution >= 0.6 is 0 Å². The van der Waals surface area contributed by atoms with Crippen LogP contribution in [0.5, 0.6) is 5.75 Å². The molecule has 0 aliphatic heterocycles. The summed E-state index contributed by atoms with van der Waals surface area (Å²) in [5, 5.41) is 12.7. The first-order valence-corrected chi connectivity index (χ1v) is 5.25. The molecular weight excluding hydrogens is 216 g/mol. The second-order valence-corrected chi connectivity index (χ2v) is 3.79. The average molecular weight is 230 g/mol. The van der Waals surface area contributed by atoms with Crippen molar-refractivity contribution in [2.45, 2.75) is 13.5 Å². The topological polar surface area (TPSA) is 84.1 Å². The number of nitrogens with two attached hydrogens (primary N) is 1. The summed E-state index contributed by atoms with van der Waals surface area (Å²) in [5.41, 5.74) is 7.91. The minimum Gasteiger partial charge on any atom is -0.508 e. The molecule has 0 unspecified atom stereocenters. The van der Waals surface area contributed by atoms with Gasteiger partial charge >= 0.3 is 0 Å². The Hall–Kier alpha value is -2.30. The van der Waals surface area contributed by atoms with Crippen molar-refractivity contribution in [2.24, 2.45) is 0 Å². The second-order valence-electron chi connectivity index (χ2n) is 3.79. The molecule has 88 valence electrons. The molecule has 17 heavy (non-hydrogen) atoms. The smallest absolute Gasteiger partial charge is 0.129 e. The van der Waals surface area contributed by atoms with Crippen LogP contribution in [-0.2, 0) is 6.54 Å². The van der Waals surface area contributed by atoms with Gasteiger partial charge in [0.25, 0.3) is 0 Å². The highest BCUT2D eigenvalue weighted by atomic mass is 16.3. The van der Waals surface area contributed by atoms with Crippen molar-refractivity contribution in [1.82, 2.24) is 9.97 Å². The Bertz CT molecular complexity index is 528. The lowest BCUT2D eigenvalue weighted by Gasteiger charge is -2.08. The highest BCUT2D eigenvalue weighted by molar-refractivity contribution is 5.48. The van der Waals surface area contributed by atoms with Crippen LogP contribution in [0.1, 0.15) is 11.3 Å². The molecule has 0 fully saturated rings. The third-order valence-corrected chi connectivity index (χ3v) is 2.37. The number of nitrogens with zero attached hydrogens (tertiary/aromatic N) is 2. The van der Waals surface area contributed by atoms with Crippen LogP contribution < -0.4 is 11.1 Å². The van der Waals surface area contributed by atoms with Crippen LogP contribution in [0, 0.1) is 6.92 Å². The minimum atomic E-state index is 0.220. The van der Waals surface area contributed by atoms with Crippen molar-refractivity contribution in [3.05, 3.63) is 41.9 Å². The summed E-state index contributed by atoms with van der Waals surface area (Å²) < 4.78 is 0. The summed E-state index contributed by atoms with van der Waals surface area (Å²) in [6.07, 6.45) is 1.50. The van der Waals surface area contributed by atoms with E-state index in [2.05, 4.69) is 15.3 Å². The number of nitrogens with one attached hydrogen (secondary N) is 1. The fourth-order valence-electron chi connectivity index (χ4n) is 1.48. The van der Waals surface area contributed by atoms with Gasteiger partial charge in [0.15, 0.2) is 0 Å². The van der Waals surface area contributed by atoms with Crippen molar-refractivity contribution in [3.63, 3.8) is 0 Å². The molecule has 5 nitrogen and oxygen atoms in total. The van der Waals surface area contributed by atoms with Crippen molar-refractivity contribution in [1.29, 1.82) is 0 Å². The van der Waals surface area contributed by atoms with Crippen LogP contribution in [0.15, 0.2) is 30.6 Å². The van der Waals surface area contributed by atoms with Crippen molar-refractivity contribution >= 4 is 11.5 Å². The number of hydrogen-bond donors (Lipinski definition) is 3. The number of hydrogen-bond acceptors (Lipinski definition) is 5. The Kier molecular flexibility index (Phi) is 3.09. The lowest BCUT2D eigenvalue weighted by Crippen LogP contribution is -2.03. The van der Waals surface area contributed by atoms with Gasteiger partial charge in [-0.1, -0.05) is 0 Å². The van der Waals surface area contributed by atoms with Gasteiger partial charge < -0.3 is 16.2 Å². The summed E-state index contributed by atoms with van der Waals surface area (Å²) in [6, 6.07) is 6.81. The van der Waals surface area contributed by atoms with E-state index < -0.39 is 0 Å². The van der Waals surface area contributed by atoms with E-state index in [4.69, 9.17) is 5.73 Å². The van der Waals surface area contributed by atoms with Crippen LogP contribution in [0.2, 0.25) is 0 Å². The highest BCUT2D eigenvalue weighted by Gasteiger charge is 2.02. The van der Waals surface area contributed by atoms with Gasteiger partial charge in [-0.25, -0.2) is 9.97 Å². The number of rotatable bonds is 3. The number of phenols is 1. The summed E-state index contributed by atoms with van der Waals surface area (Å²) in [7, 11) is 0. The van der Waals surface area contributed by atoms with E-state index in [1.165, 1.54) is 6.33 Å². The van der Waals surface area contributed by atoms with E-state index in [1.54, 1.807) is 18.2 Å². The van der Waals surface area contributed by atoms with Gasteiger partial charge in [-0.3, -0.25) is 0 Å².